The van der Waals surface area contributed by atoms with E-state index >= 15 is 0 Å². The van der Waals surface area contributed by atoms with Gasteiger partial charge in [0.25, 0.3) is 0 Å². The maximum Gasteiger partial charge on any atom is 0.195 e. The van der Waals surface area contributed by atoms with E-state index in [9.17, 15) is 0 Å². The third-order valence-electron chi connectivity index (χ3n) is 2.28. The molecule has 0 aliphatic carbocycles. The van der Waals surface area contributed by atoms with Gasteiger partial charge in [0.2, 0.25) is 0 Å². The number of allylic oxidation sites excluding steroid dienone is 1. The first-order valence-corrected chi connectivity index (χ1v) is 5.34. The Bertz CT molecular complexity index is 492. The number of aromatic nitrogens is 1. The van der Waals surface area contributed by atoms with Crippen molar-refractivity contribution in [3.63, 3.8) is 0 Å². The highest BCUT2D eigenvalue weighted by molar-refractivity contribution is 6.44. The van der Waals surface area contributed by atoms with Crippen molar-refractivity contribution in [1.82, 2.24) is 4.98 Å². The maximum atomic E-state index is 5.98. The molecule has 0 N–H and O–H groups in total. The zero-order valence-electron chi connectivity index (χ0n) is 9.65. The molecule has 1 aromatic heterocycles. The summed E-state index contributed by atoms with van der Waals surface area (Å²) in [4.78, 5) is 4.33. The van der Waals surface area contributed by atoms with Crippen molar-refractivity contribution >= 4 is 22.2 Å². The molecule has 1 heterocycles. The second-order valence-electron chi connectivity index (χ2n) is 3.58. The summed E-state index contributed by atoms with van der Waals surface area (Å²) < 4.78 is 5.63. The number of oxazole rings is 1. The van der Waals surface area contributed by atoms with Crippen molar-refractivity contribution in [2.45, 2.75) is 34.1 Å². The lowest BCUT2D eigenvalue weighted by Crippen LogP contribution is -2.25. The normalized spacial score (nSPS) is 15.0. The van der Waals surface area contributed by atoms with Crippen LogP contribution < -0.4 is 10.8 Å². The number of halogens is 1. The van der Waals surface area contributed by atoms with Crippen LogP contribution >= 0.6 is 11.6 Å². The number of hydrogen-bond donors (Lipinski definition) is 0. The molecule has 0 radical (unpaired) electrons. The van der Waals surface area contributed by atoms with E-state index < -0.39 is 0 Å². The van der Waals surface area contributed by atoms with E-state index in [0.717, 1.165) is 28.3 Å². The molecule has 82 valence electrons. The molecule has 0 saturated heterocycles. The summed E-state index contributed by atoms with van der Waals surface area (Å²) in [6.07, 6.45) is 0.765. The lowest BCUT2D eigenvalue weighted by Gasteiger charge is -1.94. The highest BCUT2D eigenvalue weighted by Crippen LogP contribution is 2.04. The lowest BCUT2D eigenvalue weighted by atomic mass is 10.1. The van der Waals surface area contributed by atoms with Gasteiger partial charge in [0, 0.05) is 11.5 Å². The van der Waals surface area contributed by atoms with Gasteiger partial charge >= 0.3 is 0 Å². The Morgan fingerprint density at radius 1 is 1.40 bits per heavy atom. The second kappa shape index (κ2) is 4.67. The van der Waals surface area contributed by atoms with E-state index in [4.69, 9.17) is 16.0 Å². The summed E-state index contributed by atoms with van der Waals surface area (Å²) >= 11 is 5.98. The fraction of sp³-hybridized carbons (Fsp3) is 0.417. The van der Waals surface area contributed by atoms with Crippen molar-refractivity contribution in [3.8, 4) is 0 Å². The van der Waals surface area contributed by atoms with Crippen LogP contribution in [-0.4, -0.2) is 4.98 Å². The van der Waals surface area contributed by atoms with Crippen LogP contribution in [0, 0.1) is 0 Å². The molecule has 0 saturated carbocycles. The van der Waals surface area contributed by atoms with Gasteiger partial charge in [-0.2, -0.15) is 0 Å². The van der Waals surface area contributed by atoms with Crippen molar-refractivity contribution in [3.05, 3.63) is 28.8 Å². The number of hydrogen-bond acceptors (Lipinski definition) is 2. The highest BCUT2D eigenvalue weighted by Gasteiger charge is 2.05. The van der Waals surface area contributed by atoms with Crippen LogP contribution in [0.15, 0.2) is 16.6 Å². The van der Waals surface area contributed by atoms with Crippen molar-refractivity contribution < 1.29 is 4.42 Å². The van der Waals surface area contributed by atoms with Gasteiger partial charge in [-0.1, -0.05) is 30.7 Å². The van der Waals surface area contributed by atoms with Crippen LogP contribution in [0.1, 0.15) is 33.6 Å². The van der Waals surface area contributed by atoms with Crippen molar-refractivity contribution in [1.29, 1.82) is 0 Å². The summed E-state index contributed by atoms with van der Waals surface area (Å²) in [5.74, 6) is 0.709. The fourth-order valence-corrected chi connectivity index (χ4v) is 1.33. The molecule has 0 spiro atoms. The molecule has 3 heteroatoms. The Kier molecular flexibility index (Phi) is 3.75. The SMILES string of the molecule is C=C(C)C(C)=c1oc(CC)nc1=C(C)Cl. The quantitative estimate of drug-likeness (QED) is 0.773. The summed E-state index contributed by atoms with van der Waals surface area (Å²) in [7, 11) is 0. The molecule has 0 aromatic carbocycles. The minimum absolute atomic E-state index is 0.647. The number of nitrogens with zero attached hydrogens (tertiary/aromatic N) is 1. The first-order chi connectivity index (χ1) is 6.97. The molecular weight excluding hydrogens is 210 g/mol. The van der Waals surface area contributed by atoms with Crippen LogP contribution in [0.2, 0.25) is 0 Å². The van der Waals surface area contributed by atoms with Gasteiger partial charge in [-0.3, -0.25) is 0 Å². The summed E-state index contributed by atoms with van der Waals surface area (Å²) in [6.45, 7) is 11.6. The molecule has 0 bridgehead atoms. The monoisotopic (exact) mass is 225 g/mol. The molecule has 2 nitrogen and oxygen atoms in total. The Labute approximate surface area is 95.0 Å². The van der Waals surface area contributed by atoms with Crippen LogP contribution in [-0.2, 0) is 6.42 Å². The number of aryl methyl sites for hydroxylation is 1. The fourth-order valence-electron chi connectivity index (χ4n) is 1.20. The predicted octanol–water partition coefficient (Wildman–Crippen LogP) is 2.35. The largest absolute Gasteiger partial charge is 0.440 e. The molecule has 0 fully saturated rings. The van der Waals surface area contributed by atoms with E-state index in [1.54, 1.807) is 0 Å². The molecule has 1 rings (SSSR count). The molecule has 0 unspecified atom stereocenters. The van der Waals surface area contributed by atoms with Crippen LogP contribution in [0.5, 0.6) is 0 Å². The van der Waals surface area contributed by atoms with Gasteiger partial charge in [-0.05, 0) is 26.3 Å². The zero-order valence-corrected chi connectivity index (χ0v) is 10.4. The third-order valence-corrected chi connectivity index (χ3v) is 2.46. The van der Waals surface area contributed by atoms with Crippen molar-refractivity contribution in [2.24, 2.45) is 0 Å². The lowest BCUT2D eigenvalue weighted by molar-refractivity contribution is 0.472. The van der Waals surface area contributed by atoms with Crippen LogP contribution in [0.4, 0.5) is 0 Å². The van der Waals surface area contributed by atoms with Gasteiger partial charge in [-0.15, -0.1) is 0 Å². The Balaban J connectivity index is 3.70. The van der Waals surface area contributed by atoms with E-state index in [1.165, 1.54) is 0 Å². The van der Waals surface area contributed by atoms with Crippen LogP contribution in [0.25, 0.3) is 10.6 Å². The molecular formula is C12H16ClNO. The first-order valence-electron chi connectivity index (χ1n) is 4.96. The average Bonchev–Trinajstić information content (AvgIpc) is 2.60. The Morgan fingerprint density at radius 3 is 2.40 bits per heavy atom. The molecule has 0 aliphatic rings. The van der Waals surface area contributed by atoms with E-state index in [-0.39, 0.29) is 0 Å². The molecule has 15 heavy (non-hydrogen) atoms. The van der Waals surface area contributed by atoms with E-state index in [0.29, 0.717) is 10.9 Å². The van der Waals surface area contributed by atoms with Gasteiger partial charge in [0.05, 0.1) is 0 Å². The Morgan fingerprint density at radius 2 is 2.00 bits per heavy atom. The summed E-state index contributed by atoms with van der Waals surface area (Å²) in [6, 6.07) is 0. The smallest absolute Gasteiger partial charge is 0.195 e. The standard InChI is InChI=1S/C12H16ClNO/c1-6-10-14-11(9(5)13)12(15-10)8(4)7(2)3/h2,6H2,1,3-5H3. The second-order valence-corrected chi connectivity index (χ2v) is 4.14. The molecule has 0 atom stereocenters. The average molecular weight is 226 g/mol. The van der Waals surface area contributed by atoms with Gasteiger partial charge in [0.15, 0.2) is 11.3 Å². The summed E-state index contributed by atoms with van der Waals surface area (Å²) in [5, 5.41) is 1.38. The van der Waals surface area contributed by atoms with Gasteiger partial charge in [0.1, 0.15) is 5.35 Å². The topological polar surface area (TPSA) is 26.0 Å². The van der Waals surface area contributed by atoms with Gasteiger partial charge in [-0.25, -0.2) is 4.98 Å². The van der Waals surface area contributed by atoms with Crippen LogP contribution in [0.3, 0.4) is 0 Å². The Hall–Kier alpha value is -1.02. The summed E-state index contributed by atoms with van der Waals surface area (Å²) in [5.41, 5.74) is 2.71. The predicted molar refractivity (Wildman–Crippen MR) is 64.0 cm³/mol. The maximum absolute atomic E-state index is 5.98. The van der Waals surface area contributed by atoms with E-state index in [2.05, 4.69) is 11.6 Å². The zero-order chi connectivity index (χ0) is 11.6. The van der Waals surface area contributed by atoms with Crippen molar-refractivity contribution in [2.75, 3.05) is 0 Å². The molecule has 1 aromatic rings. The van der Waals surface area contributed by atoms with Gasteiger partial charge < -0.3 is 4.42 Å². The number of rotatable bonds is 2. The first kappa shape index (κ1) is 12.1. The molecule has 0 aliphatic heterocycles. The minimum atomic E-state index is 0.647. The molecule has 0 amide bonds. The highest BCUT2D eigenvalue weighted by atomic mass is 35.5. The van der Waals surface area contributed by atoms with E-state index in [1.807, 2.05) is 27.7 Å². The minimum Gasteiger partial charge on any atom is -0.440 e. The third kappa shape index (κ3) is 2.51.